The van der Waals surface area contributed by atoms with Gasteiger partial charge < -0.3 is 25.4 Å². The third kappa shape index (κ3) is 7.98. The minimum atomic E-state index is -1.19. The maximum absolute atomic E-state index is 14.5. The molecule has 0 aliphatic carbocycles. The van der Waals surface area contributed by atoms with Crippen molar-refractivity contribution in [3.05, 3.63) is 53.3 Å². The number of pyridine rings is 1. The molecular weight excluding hydrogens is 515 g/mol. The van der Waals surface area contributed by atoms with Crippen LogP contribution in [0.4, 0.5) is 10.2 Å². The second-order valence-corrected chi connectivity index (χ2v) is 10.3. The standard InChI is InChI=1S/C29H39FN6O4/c1-35-26-16-21(8-9-22(26)17-32-35)28(37)34-25(29(38)39)12-15-36(18-23(30)19-40-2)14-4-3-7-24-11-10-20-6-5-13-31-27(20)33-24/h8-11,16-17,23,25H,3-7,12-15,18-19H2,1-2H3,(H,31,33)(H,34,37)(H,38,39). The first-order valence-electron chi connectivity index (χ1n) is 13.9. The van der Waals surface area contributed by atoms with Gasteiger partial charge in [-0.05, 0) is 68.8 Å². The zero-order valence-corrected chi connectivity index (χ0v) is 23.2. The third-order valence-electron chi connectivity index (χ3n) is 7.26. The number of anilines is 1. The van der Waals surface area contributed by atoms with E-state index in [0.29, 0.717) is 18.7 Å². The van der Waals surface area contributed by atoms with Gasteiger partial charge in [0, 0.05) is 50.4 Å². The van der Waals surface area contributed by atoms with Crippen molar-refractivity contribution in [2.24, 2.45) is 7.05 Å². The summed E-state index contributed by atoms with van der Waals surface area (Å²) in [5.74, 6) is -0.625. The number of nitrogens with one attached hydrogen (secondary N) is 2. The number of unbranched alkanes of at least 4 members (excludes halogenated alkanes) is 1. The number of hydrogen-bond donors (Lipinski definition) is 3. The number of carboxylic acids is 1. The lowest BCUT2D eigenvalue weighted by Crippen LogP contribution is -2.44. The Bertz CT molecular complexity index is 1300. The van der Waals surface area contributed by atoms with Crippen molar-refractivity contribution in [2.45, 2.75) is 50.7 Å². The number of fused-ring (bicyclic) bond motifs is 2. The zero-order valence-electron chi connectivity index (χ0n) is 23.2. The lowest BCUT2D eigenvalue weighted by molar-refractivity contribution is -0.139. The summed E-state index contributed by atoms with van der Waals surface area (Å²) < 4.78 is 21.1. The fraction of sp³-hybridized carbons (Fsp3) is 0.517. The van der Waals surface area contributed by atoms with E-state index in [1.165, 1.54) is 12.7 Å². The predicted molar refractivity (Wildman–Crippen MR) is 151 cm³/mol. The molecule has 0 bridgehead atoms. The van der Waals surface area contributed by atoms with Crippen LogP contribution in [0.15, 0.2) is 36.5 Å². The molecule has 0 spiro atoms. The number of hydrogen-bond acceptors (Lipinski definition) is 7. The molecule has 0 fully saturated rings. The average Bonchev–Trinajstić information content (AvgIpc) is 3.32. The highest BCUT2D eigenvalue weighted by atomic mass is 19.1. The number of carbonyl (C=O) groups excluding carboxylic acids is 1. The van der Waals surface area contributed by atoms with Gasteiger partial charge in [0.15, 0.2) is 0 Å². The van der Waals surface area contributed by atoms with Gasteiger partial charge in [0.25, 0.3) is 5.91 Å². The van der Waals surface area contributed by atoms with Crippen LogP contribution < -0.4 is 10.6 Å². The number of rotatable bonds is 15. The Labute approximate surface area is 233 Å². The SMILES string of the molecule is COCC(F)CN(CCCCc1ccc2c(n1)NCCC2)CCC(NC(=O)c1ccc2cnn(C)c2c1)C(=O)O. The zero-order chi connectivity index (χ0) is 28.5. The number of aliphatic carboxylic acids is 1. The molecule has 216 valence electrons. The van der Waals surface area contributed by atoms with Gasteiger partial charge in [0.05, 0.1) is 18.3 Å². The Kier molecular flexibility index (Phi) is 10.4. The maximum atomic E-state index is 14.5. The molecule has 2 unspecified atom stereocenters. The van der Waals surface area contributed by atoms with E-state index in [-0.39, 0.29) is 19.6 Å². The minimum absolute atomic E-state index is 0.0296. The summed E-state index contributed by atoms with van der Waals surface area (Å²) >= 11 is 0. The van der Waals surface area contributed by atoms with Gasteiger partial charge in [-0.2, -0.15) is 5.10 Å². The van der Waals surface area contributed by atoms with Gasteiger partial charge in [-0.1, -0.05) is 12.1 Å². The van der Waals surface area contributed by atoms with Crippen molar-refractivity contribution < 1.29 is 23.8 Å². The summed E-state index contributed by atoms with van der Waals surface area (Å²) in [6.07, 6.45) is 5.32. The Morgan fingerprint density at radius 2 is 2.10 bits per heavy atom. The van der Waals surface area contributed by atoms with Gasteiger partial charge in [0.2, 0.25) is 0 Å². The molecule has 0 saturated carbocycles. The summed E-state index contributed by atoms with van der Waals surface area (Å²) in [7, 11) is 3.23. The number of amides is 1. The molecule has 4 rings (SSSR count). The van der Waals surface area contributed by atoms with Crippen LogP contribution in [-0.2, 0) is 29.4 Å². The monoisotopic (exact) mass is 554 g/mol. The largest absolute Gasteiger partial charge is 0.480 e. The molecule has 3 heterocycles. The minimum Gasteiger partial charge on any atom is -0.480 e. The van der Waals surface area contributed by atoms with Crippen LogP contribution in [0.25, 0.3) is 10.9 Å². The van der Waals surface area contributed by atoms with Gasteiger partial charge in [-0.15, -0.1) is 0 Å². The van der Waals surface area contributed by atoms with Gasteiger partial charge in [-0.25, -0.2) is 14.2 Å². The fourth-order valence-electron chi connectivity index (χ4n) is 5.05. The van der Waals surface area contributed by atoms with Crippen molar-refractivity contribution in [3.8, 4) is 0 Å². The fourth-order valence-corrected chi connectivity index (χ4v) is 5.05. The number of methoxy groups -OCH3 is 1. The average molecular weight is 555 g/mol. The van der Waals surface area contributed by atoms with Crippen LogP contribution in [0.3, 0.4) is 0 Å². The van der Waals surface area contributed by atoms with Crippen molar-refractivity contribution >= 4 is 28.6 Å². The summed E-state index contributed by atoms with van der Waals surface area (Å²) in [5.41, 5.74) is 3.42. The van der Waals surface area contributed by atoms with Crippen LogP contribution in [0.2, 0.25) is 0 Å². The number of ether oxygens (including phenoxy) is 1. The van der Waals surface area contributed by atoms with Crippen molar-refractivity contribution in [1.82, 2.24) is 25.0 Å². The number of aryl methyl sites for hydroxylation is 3. The molecule has 2 aromatic heterocycles. The number of carboxylic acid groups (broad SMARTS) is 1. The van der Waals surface area contributed by atoms with E-state index in [2.05, 4.69) is 27.9 Å². The van der Waals surface area contributed by atoms with Crippen LogP contribution in [0, 0.1) is 0 Å². The lowest BCUT2D eigenvalue weighted by atomic mass is 10.1. The Balaban J connectivity index is 1.31. The summed E-state index contributed by atoms with van der Waals surface area (Å²) in [4.78, 5) is 31.5. The molecule has 3 N–H and O–H groups in total. The van der Waals surface area contributed by atoms with Gasteiger partial charge >= 0.3 is 5.97 Å². The first-order valence-corrected chi connectivity index (χ1v) is 13.9. The topological polar surface area (TPSA) is 122 Å². The quantitative estimate of drug-likeness (QED) is 0.245. The number of aromatic nitrogens is 3. The van der Waals surface area contributed by atoms with E-state index >= 15 is 0 Å². The molecule has 1 aliphatic rings. The van der Waals surface area contributed by atoms with Gasteiger partial charge in [-0.3, -0.25) is 9.48 Å². The maximum Gasteiger partial charge on any atom is 0.326 e. The molecule has 2 atom stereocenters. The van der Waals surface area contributed by atoms with Crippen molar-refractivity contribution in [2.75, 3.05) is 45.2 Å². The third-order valence-corrected chi connectivity index (χ3v) is 7.26. The number of halogens is 1. The normalized spacial score (nSPS) is 14.5. The van der Waals surface area contributed by atoms with E-state index in [1.807, 2.05) is 4.90 Å². The smallest absolute Gasteiger partial charge is 0.326 e. The molecule has 0 radical (unpaired) electrons. The first kappa shape index (κ1) is 29.4. The number of nitrogens with zero attached hydrogens (tertiary/aromatic N) is 4. The van der Waals surface area contributed by atoms with Crippen LogP contribution in [0.1, 0.15) is 47.3 Å². The molecule has 0 saturated heterocycles. The van der Waals surface area contributed by atoms with E-state index in [1.54, 1.807) is 36.1 Å². The number of alkyl halides is 1. The Morgan fingerprint density at radius 1 is 1.25 bits per heavy atom. The highest BCUT2D eigenvalue weighted by molar-refractivity contribution is 5.99. The van der Waals surface area contributed by atoms with E-state index in [0.717, 1.165) is 61.1 Å². The van der Waals surface area contributed by atoms with Gasteiger partial charge in [0.1, 0.15) is 18.0 Å². The summed E-state index contributed by atoms with van der Waals surface area (Å²) in [5, 5.41) is 20.9. The molecule has 1 amide bonds. The Morgan fingerprint density at radius 3 is 2.90 bits per heavy atom. The van der Waals surface area contributed by atoms with Crippen LogP contribution >= 0.6 is 0 Å². The summed E-state index contributed by atoms with van der Waals surface area (Å²) in [6, 6.07) is 8.23. The van der Waals surface area contributed by atoms with E-state index < -0.39 is 24.1 Å². The van der Waals surface area contributed by atoms with E-state index in [9.17, 15) is 19.1 Å². The molecule has 3 aromatic rings. The summed E-state index contributed by atoms with van der Waals surface area (Å²) in [6.45, 7) is 1.97. The lowest BCUT2D eigenvalue weighted by Gasteiger charge is -2.25. The molecule has 1 aromatic carbocycles. The number of carbonyl (C=O) groups is 2. The van der Waals surface area contributed by atoms with E-state index in [4.69, 9.17) is 9.72 Å². The highest BCUT2D eigenvalue weighted by Crippen LogP contribution is 2.20. The second kappa shape index (κ2) is 14.2. The molecule has 11 heteroatoms. The molecule has 10 nitrogen and oxygen atoms in total. The second-order valence-electron chi connectivity index (χ2n) is 10.3. The van der Waals surface area contributed by atoms with Crippen molar-refractivity contribution in [3.63, 3.8) is 0 Å². The predicted octanol–water partition coefficient (Wildman–Crippen LogP) is 3.21. The van der Waals surface area contributed by atoms with Crippen LogP contribution in [-0.4, -0.2) is 88.8 Å². The molecule has 1 aliphatic heterocycles. The molecule has 40 heavy (non-hydrogen) atoms. The van der Waals surface area contributed by atoms with Crippen molar-refractivity contribution in [1.29, 1.82) is 0 Å². The van der Waals surface area contributed by atoms with Crippen LogP contribution in [0.5, 0.6) is 0 Å². The Hall–Kier alpha value is -3.57. The highest BCUT2D eigenvalue weighted by Gasteiger charge is 2.23. The number of benzene rings is 1. The molecular formula is C29H39FN6O4. The first-order chi connectivity index (χ1) is 19.3.